The third-order valence-corrected chi connectivity index (χ3v) is 8.27. The third-order valence-electron chi connectivity index (χ3n) is 5.98. The highest BCUT2D eigenvalue weighted by molar-refractivity contribution is 7.89. The van der Waals surface area contributed by atoms with Crippen molar-refractivity contribution in [1.82, 2.24) is 15.2 Å². The maximum atomic E-state index is 13.4. The molecule has 2 amide bonds. The fraction of sp³-hybridized carbons (Fsp3) is 0.222. The second-order valence-electron chi connectivity index (χ2n) is 8.68. The number of nitrogens with zero attached hydrogens (tertiary/aromatic N) is 1. The molecule has 1 aromatic heterocycles. The minimum absolute atomic E-state index is 0.0913. The van der Waals surface area contributed by atoms with Crippen molar-refractivity contribution < 1.29 is 23.2 Å². The lowest BCUT2D eigenvalue weighted by atomic mass is 10.1. The van der Waals surface area contributed by atoms with Crippen LogP contribution < -0.4 is 15.5 Å². The lowest BCUT2D eigenvalue weighted by Gasteiger charge is -2.18. The van der Waals surface area contributed by atoms with Gasteiger partial charge in [-0.05, 0) is 24.3 Å². The highest BCUT2D eigenvalue weighted by Crippen LogP contribution is 2.26. The number of thiazole rings is 1. The molecular weight excluding hydrogens is 524 g/mol. The molecule has 9 nitrogen and oxygen atoms in total. The summed E-state index contributed by atoms with van der Waals surface area (Å²) >= 11 is 1.26. The van der Waals surface area contributed by atoms with Gasteiger partial charge >= 0.3 is 0 Å². The second kappa shape index (κ2) is 12.7. The van der Waals surface area contributed by atoms with Gasteiger partial charge in [-0.1, -0.05) is 79.6 Å². The summed E-state index contributed by atoms with van der Waals surface area (Å²) in [5, 5.41) is 14.9. The highest BCUT2D eigenvalue weighted by Gasteiger charge is 2.27. The molecule has 4 N–H and O–H groups in total. The average Bonchev–Trinajstić information content (AvgIpc) is 3.40. The van der Waals surface area contributed by atoms with Crippen LogP contribution in [0.1, 0.15) is 32.1 Å². The summed E-state index contributed by atoms with van der Waals surface area (Å²) in [7, 11) is -4.05. The number of carbonyl (C=O) groups is 2. The number of hydrogen-bond acceptors (Lipinski definition) is 7. The van der Waals surface area contributed by atoms with Crippen LogP contribution in [0.25, 0.3) is 22.0 Å². The van der Waals surface area contributed by atoms with Crippen molar-refractivity contribution in [3.63, 3.8) is 0 Å². The smallest absolute Gasteiger partial charge is 0.244 e. The number of carbonyl (C=O) groups excluding carboxylic acids is 2. The second-order valence-corrected chi connectivity index (χ2v) is 11.2. The van der Waals surface area contributed by atoms with E-state index in [0.29, 0.717) is 35.5 Å². The summed E-state index contributed by atoms with van der Waals surface area (Å²) in [5.41, 5.74) is 3.20. The number of hydrogen-bond donors (Lipinski definition) is 4. The standard InChI is InChI=1S/C27H28N4O5S2/c32-25(30-34)17-6-2-5-15-22(26(33)29-27-28-23(18-37-27)20-11-3-1-4-12-20)31-38(35,36)24-16-9-13-19-10-7-8-14-21(19)24/h1,3-4,7-14,16,18,22,31,34H,2,5-6,15,17H2,(H,30,32)(H,28,29,33)/t22-/m0/s1. The zero-order valence-electron chi connectivity index (χ0n) is 20.5. The van der Waals surface area contributed by atoms with Crippen molar-refractivity contribution in [2.45, 2.75) is 43.0 Å². The van der Waals surface area contributed by atoms with Crippen LogP contribution in [0.15, 0.2) is 83.1 Å². The molecule has 4 aromatic rings. The first-order chi connectivity index (χ1) is 18.4. The molecule has 0 unspecified atom stereocenters. The van der Waals surface area contributed by atoms with E-state index >= 15 is 0 Å². The lowest BCUT2D eigenvalue weighted by molar-refractivity contribution is -0.129. The SMILES string of the molecule is O=C(CCCCC[C@H](NS(=O)(=O)c1cccc2ccccc12)C(=O)Nc1nc(-c2ccccc2)cs1)NO. The lowest BCUT2D eigenvalue weighted by Crippen LogP contribution is -2.43. The van der Waals surface area contributed by atoms with Crippen molar-refractivity contribution in [2.75, 3.05) is 5.32 Å². The number of rotatable bonds is 12. The number of benzene rings is 3. The Morgan fingerprint density at radius 3 is 2.45 bits per heavy atom. The van der Waals surface area contributed by atoms with E-state index in [2.05, 4.69) is 15.0 Å². The number of amides is 2. The van der Waals surface area contributed by atoms with Crippen LogP contribution in [0.2, 0.25) is 0 Å². The van der Waals surface area contributed by atoms with Crippen molar-refractivity contribution in [1.29, 1.82) is 0 Å². The number of nitrogens with one attached hydrogen (secondary N) is 3. The number of hydroxylamine groups is 1. The number of sulfonamides is 1. The molecule has 0 spiro atoms. The van der Waals surface area contributed by atoms with Gasteiger partial charge in [-0.15, -0.1) is 11.3 Å². The van der Waals surface area contributed by atoms with E-state index in [1.807, 2.05) is 53.9 Å². The van der Waals surface area contributed by atoms with E-state index in [9.17, 15) is 18.0 Å². The van der Waals surface area contributed by atoms with Crippen molar-refractivity contribution in [3.8, 4) is 11.3 Å². The fourth-order valence-corrected chi connectivity index (χ4v) is 6.24. The van der Waals surface area contributed by atoms with E-state index in [1.165, 1.54) is 17.4 Å². The van der Waals surface area contributed by atoms with Gasteiger partial charge in [0.05, 0.1) is 10.6 Å². The number of fused-ring (bicyclic) bond motifs is 1. The Bertz CT molecular complexity index is 1500. The summed E-state index contributed by atoms with van der Waals surface area (Å²) in [6.07, 6.45) is 1.90. The number of aromatic nitrogens is 1. The van der Waals surface area contributed by atoms with Gasteiger partial charge in [-0.3, -0.25) is 14.8 Å². The Morgan fingerprint density at radius 1 is 0.921 bits per heavy atom. The van der Waals surface area contributed by atoms with Crippen LogP contribution in [-0.4, -0.2) is 36.5 Å². The molecule has 0 bridgehead atoms. The maximum absolute atomic E-state index is 13.4. The molecule has 4 rings (SSSR count). The molecule has 0 fully saturated rings. The first-order valence-electron chi connectivity index (χ1n) is 12.1. The third kappa shape index (κ3) is 7.01. The van der Waals surface area contributed by atoms with Gasteiger partial charge < -0.3 is 5.32 Å². The average molecular weight is 553 g/mol. The van der Waals surface area contributed by atoms with Gasteiger partial charge in [0.25, 0.3) is 0 Å². The summed E-state index contributed by atoms with van der Waals surface area (Å²) < 4.78 is 29.5. The Morgan fingerprint density at radius 2 is 1.66 bits per heavy atom. The monoisotopic (exact) mass is 552 g/mol. The zero-order valence-corrected chi connectivity index (χ0v) is 22.1. The van der Waals surface area contributed by atoms with Crippen molar-refractivity contribution in [3.05, 3.63) is 78.2 Å². The molecule has 1 heterocycles. The Kier molecular flexibility index (Phi) is 9.19. The summed E-state index contributed by atoms with van der Waals surface area (Å²) in [5.74, 6) is -1.01. The van der Waals surface area contributed by atoms with Gasteiger partial charge in [0.2, 0.25) is 21.8 Å². The Labute approximate surface area is 224 Å². The van der Waals surface area contributed by atoms with E-state index < -0.39 is 27.9 Å². The molecule has 0 radical (unpaired) electrons. The minimum atomic E-state index is -4.05. The number of anilines is 1. The quantitative estimate of drug-likeness (QED) is 0.114. The first kappa shape index (κ1) is 27.4. The van der Waals surface area contributed by atoms with Crippen LogP contribution in [0, 0.1) is 0 Å². The van der Waals surface area contributed by atoms with E-state index in [4.69, 9.17) is 5.21 Å². The zero-order chi connectivity index (χ0) is 27.0. The minimum Gasteiger partial charge on any atom is -0.301 e. The highest BCUT2D eigenvalue weighted by atomic mass is 32.2. The predicted molar refractivity (Wildman–Crippen MR) is 147 cm³/mol. The van der Waals surface area contributed by atoms with Crippen LogP contribution in [0.4, 0.5) is 5.13 Å². The van der Waals surface area contributed by atoms with Crippen molar-refractivity contribution >= 4 is 49.1 Å². The largest absolute Gasteiger partial charge is 0.301 e. The van der Waals surface area contributed by atoms with E-state index in [0.717, 1.165) is 10.9 Å². The number of unbranched alkanes of at least 4 members (excludes halogenated alkanes) is 2. The van der Waals surface area contributed by atoms with Crippen molar-refractivity contribution in [2.24, 2.45) is 0 Å². The molecule has 198 valence electrons. The molecule has 1 atom stereocenters. The molecule has 0 aliphatic rings. The molecule has 0 aliphatic heterocycles. The summed E-state index contributed by atoms with van der Waals surface area (Å²) in [6.45, 7) is 0. The molecule has 11 heteroatoms. The van der Waals surface area contributed by atoms with E-state index in [1.54, 1.807) is 23.7 Å². The normalized spacial score (nSPS) is 12.2. The van der Waals surface area contributed by atoms with Crippen LogP contribution in [0.3, 0.4) is 0 Å². The van der Waals surface area contributed by atoms with Gasteiger partial charge in [0, 0.05) is 22.8 Å². The molecule has 0 aliphatic carbocycles. The van der Waals surface area contributed by atoms with Crippen LogP contribution >= 0.6 is 11.3 Å². The van der Waals surface area contributed by atoms with E-state index in [-0.39, 0.29) is 17.7 Å². The van der Waals surface area contributed by atoms with Gasteiger partial charge in [0.15, 0.2) is 5.13 Å². The topological polar surface area (TPSA) is 137 Å². The predicted octanol–water partition coefficient (Wildman–Crippen LogP) is 4.70. The molecular formula is C27H28N4O5S2. The Balaban J connectivity index is 1.51. The summed E-state index contributed by atoms with van der Waals surface area (Å²) in [4.78, 5) is 29.1. The van der Waals surface area contributed by atoms with Gasteiger partial charge in [0.1, 0.15) is 6.04 Å². The van der Waals surface area contributed by atoms with Crippen LogP contribution in [0.5, 0.6) is 0 Å². The summed E-state index contributed by atoms with van der Waals surface area (Å²) in [6, 6.07) is 20.6. The Hall–Kier alpha value is -3.64. The van der Waals surface area contributed by atoms with Gasteiger partial charge in [-0.2, -0.15) is 4.72 Å². The molecule has 38 heavy (non-hydrogen) atoms. The molecule has 0 saturated heterocycles. The first-order valence-corrected chi connectivity index (χ1v) is 14.5. The maximum Gasteiger partial charge on any atom is 0.244 e. The van der Waals surface area contributed by atoms with Crippen LogP contribution in [-0.2, 0) is 19.6 Å². The molecule has 3 aromatic carbocycles. The van der Waals surface area contributed by atoms with Gasteiger partial charge in [-0.25, -0.2) is 18.9 Å². The fourth-order valence-electron chi connectivity index (χ4n) is 4.06. The molecule has 0 saturated carbocycles.